The van der Waals surface area contributed by atoms with Crippen LogP contribution in [0.3, 0.4) is 0 Å². The number of carbonyl (C=O) groups excluding carboxylic acids is 1. The van der Waals surface area contributed by atoms with Gasteiger partial charge in [0.2, 0.25) is 5.91 Å². The highest BCUT2D eigenvalue weighted by atomic mass is 16.1. The molecule has 6 nitrogen and oxygen atoms in total. The van der Waals surface area contributed by atoms with Crippen LogP contribution in [0.15, 0.2) is 54.2 Å². The Bertz CT molecular complexity index is 1050. The Kier molecular flexibility index (Phi) is 6.81. The number of fused-ring (bicyclic) bond motifs is 1. The fourth-order valence-corrected chi connectivity index (χ4v) is 4.52. The minimum Gasteiger partial charge on any atom is -0.401 e. The summed E-state index contributed by atoms with van der Waals surface area (Å²) in [7, 11) is 1.67. The van der Waals surface area contributed by atoms with Gasteiger partial charge in [-0.15, -0.1) is 0 Å². The van der Waals surface area contributed by atoms with Crippen LogP contribution in [0.5, 0.6) is 0 Å². The number of para-hydroxylation sites is 1. The van der Waals surface area contributed by atoms with Crippen LogP contribution in [0, 0.1) is 0 Å². The van der Waals surface area contributed by atoms with Gasteiger partial charge in [0, 0.05) is 37.1 Å². The predicted octanol–water partition coefficient (Wildman–Crippen LogP) is 3.15. The first-order chi connectivity index (χ1) is 15.6. The Hall–Kier alpha value is -3.25. The van der Waals surface area contributed by atoms with Crippen molar-refractivity contribution in [2.45, 2.75) is 32.2 Å². The van der Waals surface area contributed by atoms with Gasteiger partial charge in [-0.05, 0) is 60.7 Å². The van der Waals surface area contributed by atoms with Crippen LogP contribution in [0.4, 0.5) is 5.69 Å². The minimum atomic E-state index is 0.00582. The van der Waals surface area contributed by atoms with Crippen molar-refractivity contribution in [3.63, 3.8) is 0 Å². The Morgan fingerprint density at radius 1 is 1.19 bits per heavy atom. The fraction of sp³-hybridized carbons (Fsp3) is 0.346. The zero-order valence-electron chi connectivity index (χ0n) is 18.9. The van der Waals surface area contributed by atoms with Crippen LogP contribution in [0.1, 0.15) is 48.1 Å². The summed E-state index contributed by atoms with van der Waals surface area (Å²) >= 11 is 0. The smallest absolute Gasteiger partial charge is 0.224 e. The second kappa shape index (κ2) is 9.92. The minimum absolute atomic E-state index is 0.00582. The lowest BCUT2D eigenvalue weighted by Crippen LogP contribution is -2.21. The summed E-state index contributed by atoms with van der Waals surface area (Å²) in [5, 5.41) is 13.4. The van der Waals surface area contributed by atoms with Gasteiger partial charge in [0.1, 0.15) is 0 Å². The van der Waals surface area contributed by atoms with Gasteiger partial charge < -0.3 is 27.0 Å². The van der Waals surface area contributed by atoms with E-state index in [0.29, 0.717) is 6.42 Å². The molecule has 4 rings (SSSR count). The first-order valence-electron chi connectivity index (χ1n) is 11.4. The molecular weight excluding hydrogens is 398 g/mol. The molecule has 6 N–H and O–H groups in total. The monoisotopic (exact) mass is 431 g/mol. The van der Waals surface area contributed by atoms with E-state index in [1.165, 1.54) is 16.7 Å². The van der Waals surface area contributed by atoms with E-state index in [1.807, 2.05) is 25.1 Å². The molecule has 0 fully saturated rings. The molecule has 0 saturated carbocycles. The molecule has 2 aliphatic heterocycles. The summed E-state index contributed by atoms with van der Waals surface area (Å²) in [5.41, 5.74) is 15.1. The molecule has 32 heavy (non-hydrogen) atoms. The van der Waals surface area contributed by atoms with Crippen LogP contribution < -0.4 is 27.0 Å². The molecule has 2 heterocycles. The molecule has 1 unspecified atom stereocenters. The van der Waals surface area contributed by atoms with Crippen molar-refractivity contribution in [1.29, 1.82) is 0 Å². The van der Waals surface area contributed by atoms with Crippen molar-refractivity contribution in [2.24, 2.45) is 5.73 Å². The second-order valence-corrected chi connectivity index (χ2v) is 8.46. The molecule has 6 heteroatoms. The Morgan fingerprint density at radius 3 is 2.78 bits per heavy atom. The van der Waals surface area contributed by atoms with Crippen LogP contribution in [-0.2, 0) is 11.2 Å². The van der Waals surface area contributed by atoms with Gasteiger partial charge >= 0.3 is 0 Å². The maximum Gasteiger partial charge on any atom is 0.224 e. The average Bonchev–Trinajstić information content (AvgIpc) is 3.00. The summed E-state index contributed by atoms with van der Waals surface area (Å²) in [5.74, 6) is 0.00582. The highest BCUT2D eigenvalue weighted by Crippen LogP contribution is 2.35. The molecule has 0 aliphatic carbocycles. The predicted molar refractivity (Wildman–Crippen MR) is 132 cm³/mol. The van der Waals surface area contributed by atoms with Crippen molar-refractivity contribution >= 4 is 22.9 Å². The zero-order chi connectivity index (χ0) is 22.5. The normalized spacial score (nSPS) is 19.7. The van der Waals surface area contributed by atoms with Crippen molar-refractivity contribution < 1.29 is 4.79 Å². The Labute approximate surface area is 190 Å². The lowest BCUT2D eigenvalue weighted by atomic mass is 9.90. The summed E-state index contributed by atoms with van der Waals surface area (Å²) in [6, 6.07) is 14.9. The second-order valence-electron chi connectivity index (χ2n) is 8.46. The van der Waals surface area contributed by atoms with E-state index < -0.39 is 0 Å². The van der Waals surface area contributed by atoms with Gasteiger partial charge in [0.05, 0.1) is 18.2 Å². The van der Waals surface area contributed by atoms with Crippen LogP contribution in [-0.4, -0.2) is 32.6 Å². The molecule has 0 radical (unpaired) electrons. The molecule has 2 aromatic carbocycles. The molecule has 2 aliphatic rings. The quantitative estimate of drug-likeness (QED) is 0.502. The van der Waals surface area contributed by atoms with E-state index in [2.05, 4.69) is 51.6 Å². The summed E-state index contributed by atoms with van der Waals surface area (Å²) < 4.78 is 0. The molecular formula is C26H33N5O. The molecule has 168 valence electrons. The van der Waals surface area contributed by atoms with Crippen molar-refractivity contribution in [3.05, 3.63) is 76.5 Å². The number of rotatable bonds is 5. The molecule has 0 aromatic heterocycles. The molecule has 2 aromatic rings. The van der Waals surface area contributed by atoms with Crippen LogP contribution in [0.2, 0.25) is 0 Å². The number of hydrogen-bond donors (Lipinski definition) is 5. The molecule has 0 bridgehead atoms. The van der Waals surface area contributed by atoms with Crippen LogP contribution >= 0.6 is 0 Å². The first kappa shape index (κ1) is 22.0. The van der Waals surface area contributed by atoms with Crippen LogP contribution in [0.25, 0.3) is 11.3 Å². The summed E-state index contributed by atoms with van der Waals surface area (Å²) in [6.45, 7) is 4.68. The number of hydrogen-bond acceptors (Lipinski definition) is 5. The number of anilines is 1. The van der Waals surface area contributed by atoms with E-state index in [0.717, 1.165) is 60.7 Å². The van der Waals surface area contributed by atoms with Crippen molar-refractivity contribution in [3.8, 4) is 0 Å². The maximum absolute atomic E-state index is 12.0. The number of likely N-dealkylation sites (N-methyl/N-ethyl adjacent to an activating group) is 1. The largest absolute Gasteiger partial charge is 0.401 e. The first-order valence-corrected chi connectivity index (χ1v) is 11.4. The molecule has 0 saturated heterocycles. The third-order valence-corrected chi connectivity index (χ3v) is 6.24. The molecule has 1 amide bonds. The number of allylic oxidation sites excluding steroid dienone is 1. The number of nitrogens with two attached hydrogens (primary N) is 1. The number of benzene rings is 2. The van der Waals surface area contributed by atoms with Gasteiger partial charge in [0.15, 0.2) is 0 Å². The topological polar surface area (TPSA) is 91.2 Å². The van der Waals surface area contributed by atoms with Crippen molar-refractivity contribution in [2.75, 3.05) is 32.0 Å². The number of nitrogens with one attached hydrogen (secondary N) is 4. The summed E-state index contributed by atoms with van der Waals surface area (Å²) in [6.07, 6.45) is 4.57. The zero-order valence-corrected chi connectivity index (χ0v) is 18.9. The third kappa shape index (κ3) is 4.81. The fourth-order valence-electron chi connectivity index (χ4n) is 4.52. The Balaban J connectivity index is 1.74. The average molecular weight is 432 g/mol. The van der Waals surface area contributed by atoms with E-state index in [4.69, 9.17) is 5.73 Å². The third-order valence-electron chi connectivity index (χ3n) is 6.24. The molecule has 1 atom stereocenters. The maximum atomic E-state index is 12.0. The van der Waals surface area contributed by atoms with Crippen molar-refractivity contribution in [1.82, 2.24) is 16.0 Å². The number of carbonyl (C=O) groups is 1. The molecule has 0 spiro atoms. The summed E-state index contributed by atoms with van der Waals surface area (Å²) in [4.78, 5) is 12.0. The highest BCUT2D eigenvalue weighted by Gasteiger charge is 2.24. The van der Waals surface area contributed by atoms with E-state index in [9.17, 15) is 4.79 Å². The van der Waals surface area contributed by atoms with E-state index in [1.54, 1.807) is 7.05 Å². The van der Waals surface area contributed by atoms with E-state index in [-0.39, 0.29) is 11.9 Å². The highest BCUT2D eigenvalue weighted by molar-refractivity contribution is 5.80. The van der Waals surface area contributed by atoms with E-state index >= 15 is 0 Å². The van der Waals surface area contributed by atoms with Gasteiger partial charge in [-0.1, -0.05) is 36.4 Å². The van der Waals surface area contributed by atoms with Gasteiger partial charge in [-0.3, -0.25) is 4.79 Å². The van der Waals surface area contributed by atoms with Gasteiger partial charge in [-0.2, -0.15) is 0 Å². The Morgan fingerprint density at radius 2 is 2.03 bits per heavy atom. The van der Waals surface area contributed by atoms with Gasteiger partial charge in [-0.25, -0.2) is 0 Å². The standard InChI is InChI=1S/C26H33N5O/c1-17(27)26-21-8-7-19(18-9-12-29-13-10-18)15-22(21)24(11-14-30-26)31-23-6-4-3-5-20(23)16-25(32)28-2/h3-9,15,24,29-31H,10-14,16,27H2,1-2H3,(H,28,32)/b26-17-. The lowest BCUT2D eigenvalue weighted by molar-refractivity contribution is -0.119. The SMILES string of the molecule is CNC(=O)Cc1ccccc1NC1CCN/C(=C(/C)N)c2ccc(C3=CCNCC3)cc21. The lowest BCUT2D eigenvalue weighted by Gasteiger charge is -2.24. The van der Waals surface area contributed by atoms with Gasteiger partial charge in [0.25, 0.3) is 0 Å². The number of amides is 1.